The minimum absolute atomic E-state index is 0.0375. The molecule has 0 fully saturated rings. The fourth-order valence-electron chi connectivity index (χ4n) is 4.13. The van der Waals surface area contributed by atoms with Gasteiger partial charge in [0.1, 0.15) is 18.1 Å². The molecule has 3 amide bonds. The minimum Gasteiger partial charge on any atom is -0.481 e. The first-order valence-electron chi connectivity index (χ1n) is 13.1. The van der Waals surface area contributed by atoms with Crippen LogP contribution in [-0.4, -0.2) is 81.0 Å². The number of carboxylic acid groups (broad SMARTS) is 2. The zero-order valence-electron chi connectivity index (χ0n) is 22.9. The lowest BCUT2D eigenvalue weighted by atomic mass is 9.97. The van der Waals surface area contributed by atoms with Gasteiger partial charge < -0.3 is 36.9 Å². The zero-order valence-corrected chi connectivity index (χ0v) is 23.8. The van der Waals surface area contributed by atoms with Gasteiger partial charge in [0.2, 0.25) is 17.7 Å². The van der Waals surface area contributed by atoms with Crippen LogP contribution >= 0.6 is 11.8 Å². The van der Waals surface area contributed by atoms with Crippen molar-refractivity contribution in [2.45, 2.75) is 70.1 Å². The second kappa shape index (κ2) is 15.9. The highest BCUT2D eigenvalue weighted by molar-refractivity contribution is 7.98. The summed E-state index contributed by atoms with van der Waals surface area (Å²) in [7, 11) is 0. The Hall–Kier alpha value is -3.58. The van der Waals surface area contributed by atoms with E-state index in [-0.39, 0.29) is 18.8 Å². The maximum Gasteiger partial charge on any atom is 0.326 e. The van der Waals surface area contributed by atoms with Crippen molar-refractivity contribution in [1.29, 1.82) is 0 Å². The summed E-state index contributed by atoms with van der Waals surface area (Å²) < 4.78 is 0. The van der Waals surface area contributed by atoms with E-state index in [9.17, 15) is 34.2 Å². The molecule has 40 heavy (non-hydrogen) atoms. The average Bonchev–Trinajstić information content (AvgIpc) is 3.33. The average molecular weight is 578 g/mol. The number of benzene rings is 1. The smallest absolute Gasteiger partial charge is 0.326 e. The summed E-state index contributed by atoms with van der Waals surface area (Å²) in [6, 6.07) is 2.78. The normalized spacial score (nSPS) is 14.9. The van der Waals surface area contributed by atoms with Gasteiger partial charge in [0, 0.05) is 29.9 Å². The third-order valence-corrected chi connectivity index (χ3v) is 7.40. The first-order valence-corrected chi connectivity index (χ1v) is 14.5. The van der Waals surface area contributed by atoms with Gasteiger partial charge in [0.15, 0.2) is 0 Å². The number of thioether (sulfide) groups is 1. The number of para-hydroxylation sites is 1. The van der Waals surface area contributed by atoms with Crippen LogP contribution in [0.15, 0.2) is 30.5 Å². The van der Waals surface area contributed by atoms with E-state index in [0.29, 0.717) is 24.2 Å². The number of carboxylic acids is 2. The molecule has 1 aromatic carbocycles. The van der Waals surface area contributed by atoms with Gasteiger partial charge >= 0.3 is 11.9 Å². The first-order chi connectivity index (χ1) is 19.0. The van der Waals surface area contributed by atoms with Gasteiger partial charge in [-0.05, 0) is 42.4 Å². The summed E-state index contributed by atoms with van der Waals surface area (Å²) in [4.78, 5) is 65.5. The van der Waals surface area contributed by atoms with Gasteiger partial charge in [-0.3, -0.25) is 19.2 Å². The predicted molar refractivity (Wildman–Crippen MR) is 153 cm³/mol. The SMILES string of the molecule is CCC(C)C(NC(=O)C(N)CCSC)C(=O)NC(CCC(=O)O)C(=O)NC(Cc1c[nH]c2ccccc12)C(=O)O. The number of aromatic amines is 1. The summed E-state index contributed by atoms with van der Waals surface area (Å²) in [5.41, 5.74) is 7.44. The van der Waals surface area contributed by atoms with Gasteiger partial charge in [0.25, 0.3) is 0 Å². The second-order valence-electron chi connectivity index (χ2n) is 9.72. The largest absolute Gasteiger partial charge is 0.481 e. The lowest BCUT2D eigenvalue weighted by molar-refractivity contribution is -0.143. The molecular weight excluding hydrogens is 538 g/mol. The lowest BCUT2D eigenvalue weighted by Crippen LogP contribution is -2.58. The van der Waals surface area contributed by atoms with Gasteiger partial charge in [-0.15, -0.1) is 0 Å². The Morgan fingerprint density at radius 3 is 2.27 bits per heavy atom. The van der Waals surface area contributed by atoms with E-state index in [0.717, 1.165) is 10.9 Å². The number of aromatic nitrogens is 1. The number of hydrogen-bond acceptors (Lipinski definition) is 7. The molecular formula is C27H39N5O7S. The molecule has 0 bridgehead atoms. The first kappa shape index (κ1) is 32.6. The minimum atomic E-state index is -1.35. The number of H-pyrrole nitrogens is 1. The van der Waals surface area contributed by atoms with Crippen molar-refractivity contribution in [2.75, 3.05) is 12.0 Å². The third-order valence-electron chi connectivity index (χ3n) is 6.76. The number of nitrogens with two attached hydrogens (primary N) is 1. The van der Waals surface area contributed by atoms with Crippen LogP contribution in [0.25, 0.3) is 10.9 Å². The van der Waals surface area contributed by atoms with E-state index >= 15 is 0 Å². The van der Waals surface area contributed by atoms with Crippen molar-refractivity contribution < 1.29 is 34.2 Å². The molecule has 0 aliphatic rings. The monoisotopic (exact) mass is 577 g/mol. The molecule has 0 radical (unpaired) electrons. The number of hydrogen-bond donors (Lipinski definition) is 7. The number of rotatable bonds is 17. The van der Waals surface area contributed by atoms with Crippen molar-refractivity contribution >= 4 is 52.3 Å². The van der Waals surface area contributed by atoms with Crippen LogP contribution in [0.2, 0.25) is 0 Å². The molecule has 1 heterocycles. The topological polar surface area (TPSA) is 204 Å². The molecule has 1 aromatic heterocycles. The van der Waals surface area contributed by atoms with E-state index in [2.05, 4.69) is 20.9 Å². The Bertz CT molecular complexity index is 1190. The Morgan fingerprint density at radius 2 is 1.65 bits per heavy atom. The molecule has 2 aromatic rings. The summed E-state index contributed by atoms with van der Waals surface area (Å²) in [5.74, 6) is -4.17. The molecule has 8 N–H and O–H groups in total. The highest BCUT2D eigenvalue weighted by Crippen LogP contribution is 2.19. The summed E-state index contributed by atoms with van der Waals surface area (Å²) in [5, 5.41) is 27.5. The summed E-state index contributed by atoms with van der Waals surface area (Å²) >= 11 is 1.54. The number of fused-ring (bicyclic) bond motifs is 1. The highest BCUT2D eigenvalue weighted by atomic mass is 32.2. The molecule has 0 aliphatic carbocycles. The molecule has 0 spiro atoms. The van der Waals surface area contributed by atoms with Crippen LogP contribution in [0.5, 0.6) is 0 Å². The van der Waals surface area contributed by atoms with Crippen LogP contribution in [0.1, 0.15) is 45.1 Å². The molecule has 2 rings (SSSR count). The lowest BCUT2D eigenvalue weighted by Gasteiger charge is -2.28. The molecule has 0 aliphatic heterocycles. The number of carbonyl (C=O) groups is 5. The van der Waals surface area contributed by atoms with E-state index in [1.54, 1.807) is 13.1 Å². The van der Waals surface area contributed by atoms with Crippen LogP contribution < -0.4 is 21.7 Å². The predicted octanol–water partition coefficient (Wildman–Crippen LogP) is 1.24. The van der Waals surface area contributed by atoms with Crippen LogP contribution in [0.3, 0.4) is 0 Å². The molecule has 220 valence electrons. The maximum absolute atomic E-state index is 13.3. The molecule has 0 saturated heterocycles. The van der Waals surface area contributed by atoms with Crippen molar-refractivity contribution in [2.24, 2.45) is 11.7 Å². The third kappa shape index (κ3) is 9.56. The van der Waals surface area contributed by atoms with Crippen LogP contribution in [-0.2, 0) is 30.4 Å². The van der Waals surface area contributed by atoms with E-state index in [4.69, 9.17) is 5.73 Å². The Balaban J connectivity index is 2.20. The fourth-order valence-corrected chi connectivity index (χ4v) is 4.62. The van der Waals surface area contributed by atoms with Crippen LogP contribution in [0, 0.1) is 5.92 Å². The summed E-state index contributed by atoms with van der Waals surface area (Å²) in [6.07, 6.45) is 3.73. The highest BCUT2D eigenvalue weighted by Gasteiger charge is 2.33. The standard InChI is InChI=1S/C27H39N5O7S/c1-4-15(2)23(32-24(35)18(28)11-12-40-3)26(37)30-20(9-10-22(33)34)25(36)31-21(27(38)39)13-16-14-29-19-8-6-5-7-17(16)19/h5-8,14-15,18,20-21,23,29H,4,9-13,28H2,1-3H3,(H,30,37)(H,31,36)(H,32,35)(H,33,34)(H,38,39). The quantitative estimate of drug-likeness (QED) is 0.144. The molecule has 12 nitrogen and oxygen atoms in total. The van der Waals surface area contributed by atoms with Crippen molar-refractivity contribution in [3.8, 4) is 0 Å². The second-order valence-corrected chi connectivity index (χ2v) is 10.7. The fraction of sp³-hybridized carbons (Fsp3) is 0.519. The van der Waals surface area contributed by atoms with E-state index in [1.165, 1.54) is 11.8 Å². The van der Waals surface area contributed by atoms with E-state index < -0.39 is 60.2 Å². The number of nitrogens with one attached hydrogen (secondary N) is 4. The van der Waals surface area contributed by atoms with Gasteiger partial charge in [-0.25, -0.2) is 4.79 Å². The zero-order chi connectivity index (χ0) is 29.8. The van der Waals surface area contributed by atoms with Crippen molar-refractivity contribution in [3.63, 3.8) is 0 Å². The van der Waals surface area contributed by atoms with Gasteiger partial charge in [-0.2, -0.15) is 11.8 Å². The maximum atomic E-state index is 13.3. The summed E-state index contributed by atoms with van der Waals surface area (Å²) in [6.45, 7) is 3.59. The Labute approximate surface area is 237 Å². The Kier molecular flexibility index (Phi) is 12.9. The van der Waals surface area contributed by atoms with Gasteiger partial charge in [-0.1, -0.05) is 38.5 Å². The van der Waals surface area contributed by atoms with Crippen molar-refractivity contribution in [3.05, 3.63) is 36.0 Å². The molecule has 5 unspecified atom stereocenters. The Morgan fingerprint density at radius 1 is 0.975 bits per heavy atom. The van der Waals surface area contributed by atoms with E-state index in [1.807, 2.05) is 37.4 Å². The number of carbonyl (C=O) groups excluding carboxylic acids is 3. The van der Waals surface area contributed by atoms with Gasteiger partial charge in [0.05, 0.1) is 6.04 Å². The molecule has 0 saturated carbocycles. The molecule has 5 atom stereocenters. The molecule has 13 heteroatoms. The van der Waals surface area contributed by atoms with Crippen LogP contribution in [0.4, 0.5) is 0 Å². The number of aliphatic carboxylic acids is 2. The number of amides is 3. The van der Waals surface area contributed by atoms with Crippen molar-refractivity contribution in [1.82, 2.24) is 20.9 Å².